The molecule has 124 valence electrons. The number of anilines is 1. The van der Waals surface area contributed by atoms with Gasteiger partial charge in [-0.2, -0.15) is 8.78 Å². The Hall–Kier alpha value is -1.38. The van der Waals surface area contributed by atoms with Gasteiger partial charge in [0.15, 0.2) is 0 Å². The van der Waals surface area contributed by atoms with E-state index < -0.39 is 6.61 Å². The number of alkyl halides is 2. The summed E-state index contributed by atoms with van der Waals surface area (Å²) in [5.41, 5.74) is 0.390. The summed E-state index contributed by atoms with van der Waals surface area (Å²) >= 11 is 10.7. The highest BCUT2D eigenvalue weighted by Crippen LogP contribution is 2.29. The first-order chi connectivity index (χ1) is 10.8. The number of amides is 2. The van der Waals surface area contributed by atoms with Crippen molar-refractivity contribution in [3.8, 4) is 5.75 Å². The Morgan fingerprint density at radius 3 is 2.74 bits per heavy atom. The molecular weight excluding hydrogens is 414 g/mol. The van der Waals surface area contributed by atoms with E-state index in [0.29, 0.717) is 12.2 Å². The van der Waals surface area contributed by atoms with Crippen molar-refractivity contribution < 1.29 is 18.3 Å². The van der Waals surface area contributed by atoms with Gasteiger partial charge in [-0.15, -0.1) is 11.3 Å². The predicted molar refractivity (Wildman–Crippen MR) is 90.6 cm³/mol. The first kappa shape index (κ1) is 18.0. The molecule has 0 saturated carbocycles. The van der Waals surface area contributed by atoms with Crippen LogP contribution in [-0.4, -0.2) is 24.6 Å². The van der Waals surface area contributed by atoms with Crippen LogP contribution in [-0.2, 0) is 6.54 Å². The van der Waals surface area contributed by atoms with Crippen molar-refractivity contribution in [2.75, 3.05) is 12.4 Å². The summed E-state index contributed by atoms with van der Waals surface area (Å²) in [5, 5.41) is 2.64. The van der Waals surface area contributed by atoms with Gasteiger partial charge in [0.1, 0.15) is 5.75 Å². The molecule has 0 saturated heterocycles. The van der Waals surface area contributed by atoms with Crippen LogP contribution in [0.25, 0.3) is 0 Å². The van der Waals surface area contributed by atoms with Crippen LogP contribution >= 0.6 is 38.9 Å². The van der Waals surface area contributed by atoms with E-state index in [4.69, 9.17) is 11.6 Å². The molecule has 2 rings (SSSR count). The van der Waals surface area contributed by atoms with Gasteiger partial charge < -0.3 is 15.0 Å². The summed E-state index contributed by atoms with van der Waals surface area (Å²) < 4.78 is 29.6. The Kier molecular flexibility index (Phi) is 6.20. The van der Waals surface area contributed by atoms with E-state index in [1.54, 1.807) is 7.05 Å². The largest absolute Gasteiger partial charge is 0.433 e. The van der Waals surface area contributed by atoms with Crippen LogP contribution in [0, 0.1) is 0 Å². The van der Waals surface area contributed by atoms with E-state index in [2.05, 4.69) is 26.0 Å². The normalized spacial score (nSPS) is 10.7. The van der Waals surface area contributed by atoms with E-state index in [-0.39, 0.29) is 16.8 Å². The maximum absolute atomic E-state index is 12.2. The molecule has 0 unspecified atom stereocenters. The van der Waals surface area contributed by atoms with E-state index in [1.807, 2.05) is 12.1 Å². The number of urea groups is 1. The van der Waals surface area contributed by atoms with E-state index in [1.165, 1.54) is 34.4 Å². The molecule has 1 aromatic carbocycles. The average Bonchev–Trinajstić information content (AvgIpc) is 2.86. The fourth-order valence-corrected chi connectivity index (χ4v) is 3.49. The van der Waals surface area contributed by atoms with Crippen molar-refractivity contribution in [2.24, 2.45) is 0 Å². The zero-order valence-corrected chi connectivity index (χ0v) is 15.0. The molecule has 9 heteroatoms. The Balaban J connectivity index is 1.97. The molecule has 0 aliphatic carbocycles. The minimum atomic E-state index is -2.95. The second-order valence-electron chi connectivity index (χ2n) is 4.52. The number of carbonyl (C=O) groups is 1. The highest BCUT2D eigenvalue weighted by Gasteiger charge is 2.13. The van der Waals surface area contributed by atoms with E-state index in [0.717, 1.165) is 8.66 Å². The Labute approximate surface area is 149 Å². The highest BCUT2D eigenvalue weighted by atomic mass is 79.9. The molecule has 0 atom stereocenters. The first-order valence-electron chi connectivity index (χ1n) is 6.36. The monoisotopic (exact) mass is 424 g/mol. The zero-order chi connectivity index (χ0) is 17.0. The molecular formula is C14H12BrClF2N2O2S. The van der Waals surface area contributed by atoms with Gasteiger partial charge in [0.2, 0.25) is 0 Å². The van der Waals surface area contributed by atoms with Crippen LogP contribution < -0.4 is 10.1 Å². The molecule has 23 heavy (non-hydrogen) atoms. The quantitative estimate of drug-likeness (QED) is 0.694. The smallest absolute Gasteiger partial charge is 0.387 e. The fourth-order valence-electron chi connectivity index (χ4n) is 1.73. The highest BCUT2D eigenvalue weighted by molar-refractivity contribution is 9.11. The maximum atomic E-state index is 12.2. The minimum Gasteiger partial charge on any atom is -0.433 e. The number of nitrogens with one attached hydrogen (secondary N) is 1. The van der Waals surface area contributed by atoms with Gasteiger partial charge in [0.25, 0.3) is 0 Å². The Morgan fingerprint density at radius 1 is 1.43 bits per heavy atom. The molecule has 0 bridgehead atoms. The van der Waals surface area contributed by atoms with Gasteiger partial charge in [-0.1, -0.05) is 11.6 Å². The molecule has 1 heterocycles. The number of ether oxygens (including phenoxy) is 1. The van der Waals surface area contributed by atoms with Gasteiger partial charge >= 0.3 is 12.6 Å². The minimum absolute atomic E-state index is 0.00654. The lowest BCUT2D eigenvalue weighted by atomic mass is 10.3. The number of hydrogen-bond acceptors (Lipinski definition) is 3. The molecule has 2 amide bonds. The SMILES string of the molecule is CN(Cc1ccc(Br)s1)C(=O)Nc1ccc(OC(F)F)c(Cl)c1. The van der Waals surface area contributed by atoms with Crippen molar-refractivity contribution in [3.05, 3.63) is 44.0 Å². The maximum Gasteiger partial charge on any atom is 0.387 e. The second kappa shape index (κ2) is 7.94. The summed E-state index contributed by atoms with van der Waals surface area (Å²) in [4.78, 5) is 14.6. The molecule has 4 nitrogen and oxygen atoms in total. The second-order valence-corrected chi connectivity index (χ2v) is 7.47. The number of benzene rings is 1. The number of nitrogens with zero attached hydrogens (tertiary/aromatic N) is 1. The average molecular weight is 426 g/mol. The number of carbonyl (C=O) groups excluding carboxylic acids is 1. The number of thiophene rings is 1. The molecule has 2 aromatic rings. The van der Waals surface area contributed by atoms with Gasteiger partial charge in [-0.05, 0) is 46.3 Å². The molecule has 0 aliphatic heterocycles. The van der Waals surface area contributed by atoms with Crippen molar-refractivity contribution >= 4 is 50.6 Å². The summed E-state index contributed by atoms with van der Waals surface area (Å²) in [7, 11) is 1.65. The number of hydrogen-bond donors (Lipinski definition) is 1. The van der Waals surface area contributed by atoms with Crippen LogP contribution in [0.4, 0.5) is 19.3 Å². The number of rotatable bonds is 5. The molecule has 1 N–H and O–H groups in total. The molecule has 0 aliphatic rings. The topological polar surface area (TPSA) is 41.6 Å². The summed E-state index contributed by atoms with van der Waals surface area (Å²) in [5.74, 6) is -0.142. The summed E-state index contributed by atoms with van der Waals surface area (Å²) in [6.07, 6.45) is 0. The Bertz CT molecular complexity index is 699. The lowest BCUT2D eigenvalue weighted by molar-refractivity contribution is -0.0497. The van der Waals surface area contributed by atoms with Crippen molar-refractivity contribution in [1.82, 2.24) is 4.90 Å². The van der Waals surface area contributed by atoms with Gasteiger partial charge in [-0.25, -0.2) is 4.79 Å². The molecule has 0 spiro atoms. The Morgan fingerprint density at radius 2 is 2.17 bits per heavy atom. The molecule has 0 fully saturated rings. The standard InChI is InChI=1S/C14H12BrClF2N2O2S/c1-20(7-9-3-5-12(15)23-9)14(21)19-8-2-4-11(10(16)6-8)22-13(17)18/h2-6,13H,7H2,1H3,(H,19,21). The molecule has 1 aromatic heterocycles. The summed E-state index contributed by atoms with van der Waals surface area (Å²) in [6, 6.07) is 7.57. The third kappa shape index (κ3) is 5.33. The third-order valence-corrected chi connectivity index (χ3v) is 4.67. The van der Waals surface area contributed by atoms with Crippen molar-refractivity contribution in [1.29, 1.82) is 0 Å². The first-order valence-corrected chi connectivity index (χ1v) is 8.34. The van der Waals surface area contributed by atoms with Crippen LogP contribution in [0.15, 0.2) is 34.1 Å². The van der Waals surface area contributed by atoms with E-state index >= 15 is 0 Å². The lowest BCUT2D eigenvalue weighted by Crippen LogP contribution is -2.30. The predicted octanol–water partition coefficient (Wildman–Crippen LogP) is 5.43. The van der Waals surface area contributed by atoms with E-state index in [9.17, 15) is 13.6 Å². The molecule has 0 radical (unpaired) electrons. The van der Waals surface area contributed by atoms with Crippen LogP contribution in [0.1, 0.15) is 4.88 Å². The van der Waals surface area contributed by atoms with Gasteiger partial charge in [-0.3, -0.25) is 0 Å². The fraction of sp³-hybridized carbons (Fsp3) is 0.214. The zero-order valence-electron chi connectivity index (χ0n) is 11.9. The van der Waals surface area contributed by atoms with Crippen LogP contribution in [0.2, 0.25) is 5.02 Å². The van der Waals surface area contributed by atoms with Crippen LogP contribution in [0.5, 0.6) is 5.75 Å². The number of halogens is 4. The van der Waals surface area contributed by atoms with Crippen molar-refractivity contribution in [3.63, 3.8) is 0 Å². The third-order valence-electron chi connectivity index (χ3n) is 2.77. The summed E-state index contributed by atoms with van der Waals surface area (Å²) in [6.45, 7) is -2.51. The van der Waals surface area contributed by atoms with Gasteiger partial charge in [0, 0.05) is 17.6 Å². The van der Waals surface area contributed by atoms with Crippen LogP contribution in [0.3, 0.4) is 0 Å². The van der Waals surface area contributed by atoms with Gasteiger partial charge in [0.05, 0.1) is 15.4 Å². The lowest BCUT2D eigenvalue weighted by Gasteiger charge is -2.17. The van der Waals surface area contributed by atoms with Crippen molar-refractivity contribution in [2.45, 2.75) is 13.2 Å².